The summed E-state index contributed by atoms with van der Waals surface area (Å²) in [4.78, 5) is 26.9. The van der Waals surface area contributed by atoms with Crippen LogP contribution >= 0.6 is 0 Å². The second-order valence-electron chi connectivity index (χ2n) is 7.17. The van der Waals surface area contributed by atoms with Crippen LogP contribution < -0.4 is 0 Å². The number of piperazine rings is 1. The Morgan fingerprint density at radius 1 is 1.10 bits per heavy atom. The van der Waals surface area contributed by atoms with E-state index in [2.05, 4.69) is 4.90 Å². The number of carbonyl (C=O) groups excluding carboxylic acids is 2. The number of ether oxygens (including phenoxy) is 1. The summed E-state index contributed by atoms with van der Waals surface area (Å²) < 4.78 is 5.37. The first-order chi connectivity index (χ1) is 9.13. The standard InChI is InChI=1S/C15H28N2O3/c1-14(2,3)20-13(19)17-10-8-16(9-11-17)7-6-15(4,5)12-18/h12H,6-11H2,1-5H3. The first kappa shape index (κ1) is 17.0. The third kappa shape index (κ3) is 5.90. The van der Waals surface area contributed by atoms with E-state index in [1.54, 1.807) is 4.90 Å². The third-order valence-corrected chi connectivity index (χ3v) is 3.42. The highest BCUT2D eigenvalue weighted by Crippen LogP contribution is 2.18. The molecular formula is C15H28N2O3. The van der Waals surface area contributed by atoms with E-state index in [0.29, 0.717) is 13.1 Å². The highest BCUT2D eigenvalue weighted by atomic mass is 16.6. The maximum Gasteiger partial charge on any atom is 0.410 e. The van der Waals surface area contributed by atoms with Crippen LogP contribution in [0.15, 0.2) is 0 Å². The lowest BCUT2D eigenvalue weighted by Gasteiger charge is -2.36. The van der Waals surface area contributed by atoms with E-state index in [9.17, 15) is 9.59 Å². The summed E-state index contributed by atoms with van der Waals surface area (Å²) in [7, 11) is 0. The van der Waals surface area contributed by atoms with Gasteiger partial charge < -0.3 is 14.4 Å². The normalized spacial score (nSPS) is 17.9. The predicted octanol–water partition coefficient (Wildman–Crippen LogP) is 2.15. The molecule has 20 heavy (non-hydrogen) atoms. The molecule has 1 fully saturated rings. The molecule has 1 saturated heterocycles. The Kier molecular flexibility index (Phi) is 5.57. The van der Waals surface area contributed by atoms with Gasteiger partial charge in [0.1, 0.15) is 11.9 Å². The van der Waals surface area contributed by atoms with Gasteiger partial charge in [0.05, 0.1) is 0 Å². The maximum absolute atomic E-state index is 11.9. The highest BCUT2D eigenvalue weighted by molar-refractivity contribution is 5.68. The van der Waals surface area contributed by atoms with Crippen LogP contribution in [-0.4, -0.2) is 60.5 Å². The number of carbonyl (C=O) groups is 2. The smallest absolute Gasteiger partial charge is 0.410 e. The van der Waals surface area contributed by atoms with Crippen molar-refractivity contribution in [3.05, 3.63) is 0 Å². The first-order valence-corrected chi connectivity index (χ1v) is 7.30. The molecule has 0 unspecified atom stereocenters. The number of hydrogen-bond acceptors (Lipinski definition) is 4. The lowest BCUT2D eigenvalue weighted by atomic mass is 9.91. The van der Waals surface area contributed by atoms with Crippen molar-refractivity contribution in [3.63, 3.8) is 0 Å². The zero-order chi connectivity index (χ0) is 15.4. The van der Waals surface area contributed by atoms with Crippen molar-refractivity contribution in [1.82, 2.24) is 9.80 Å². The molecule has 1 rings (SSSR count). The minimum absolute atomic E-state index is 0.231. The predicted molar refractivity (Wildman–Crippen MR) is 78.7 cm³/mol. The molecule has 0 N–H and O–H groups in total. The van der Waals surface area contributed by atoms with Gasteiger partial charge in [0.15, 0.2) is 0 Å². The minimum Gasteiger partial charge on any atom is -0.444 e. The van der Waals surface area contributed by atoms with Crippen LogP contribution in [-0.2, 0) is 9.53 Å². The summed E-state index contributed by atoms with van der Waals surface area (Å²) in [6.45, 7) is 13.5. The van der Waals surface area contributed by atoms with E-state index in [1.807, 2.05) is 34.6 Å². The van der Waals surface area contributed by atoms with Crippen LogP contribution in [0.5, 0.6) is 0 Å². The van der Waals surface area contributed by atoms with E-state index < -0.39 is 5.60 Å². The summed E-state index contributed by atoms with van der Waals surface area (Å²) in [6, 6.07) is 0. The quantitative estimate of drug-likeness (QED) is 0.742. The molecule has 1 aliphatic rings. The molecular weight excluding hydrogens is 256 g/mol. The van der Waals surface area contributed by atoms with Gasteiger partial charge in [0.25, 0.3) is 0 Å². The van der Waals surface area contributed by atoms with Crippen LogP contribution in [0.1, 0.15) is 41.0 Å². The Morgan fingerprint density at radius 2 is 1.65 bits per heavy atom. The fourth-order valence-corrected chi connectivity index (χ4v) is 1.99. The Bertz CT molecular complexity index is 340. The molecule has 0 aromatic carbocycles. The lowest BCUT2D eigenvalue weighted by molar-refractivity contribution is -0.115. The molecule has 1 heterocycles. The Hall–Kier alpha value is -1.10. The number of amides is 1. The van der Waals surface area contributed by atoms with Crippen molar-refractivity contribution in [3.8, 4) is 0 Å². The molecule has 1 aliphatic heterocycles. The van der Waals surface area contributed by atoms with Gasteiger partial charge in [0, 0.05) is 31.6 Å². The Balaban J connectivity index is 2.33. The van der Waals surface area contributed by atoms with Crippen molar-refractivity contribution in [1.29, 1.82) is 0 Å². The van der Waals surface area contributed by atoms with Crippen molar-refractivity contribution < 1.29 is 14.3 Å². The lowest BCUT2D eigenvalue weighted by Crippen LogP contribution is -2.50. The van der Waals surface area contributed by atoms with E-state index in [4.69, 9.17) is 4.74 Å². The van der Waals surface area contributed by atoms with E-state index in [0.717, 1.165) is 32.3 Å². The molecule has 0 aromatic rings. The van der Waals surface area contributed by atoms with Gasteiger partial charge in [-0.2, -0.15) is 0 Å². The number of hydrogen-bond donors (Lipinski definition) is 0. The molecule has 116 valence electrons. The van der Waals surface area contributed by atoms with Gasteiger partial charge in [0.2, 0.25) is 0 Å². The average molecular weight is 284 g/mol. The van der Waals surface area contributed by atoms with Gasteiger partial charge in [-0.1, -0.05) is 13.8 Å². The van der Waals surface area contributed by atoms with Crippen molar-refractivity contribution in [2.24, 2.45) is 5.41 Å². The summed E-state index contributed by atoms with van der Waals surface area (Å²) in [5.41, 5.74) is -0.704. The minimum atomic E-state index is -0.442. The molecule has 5 heteroatoms. The first-order valence-electron chi connectivity index (χ1n) is 7.30. The van der Waals surface area contributed by atoms with Crippen molar-refractivity contribution in [2.75, 3.05) is 32.7 Å². The summed E-state index contributed by atoms with van der Waals surface area (Å²) in [6.07, 6.45) is 1.64. The molecule has 0 bridgehead atoms. The van der Waals surface area contributed by atoms with Crippen LogP contribution in [0.4, 0.5) is 4.79 Å². The van der Waals surface area contributed by atoms with E-state index in [-0.39, 0.29) is 11.5 Å². The number of aldehydes is 1. The molecule has 1 amide bonds. The highest BCUT2D eigenvalue weighted by Gasteiger charge is 2.26. The van der Waals surface area contributed by atoms with Crippen LogP contribution in [0.3, 0.4) is 0 Å². The van der Waals surface area contributed by atoms with Gasteiger partial charge in [-0.15, -0.1) is 0 Å². The third-order valence-electron chi connectivity index (χ3n) is 3.42. The zero-order valence-corrected chi connectivity index (χ0v) is 13.4. The summed E-state index contributed by atoms with van der Waals surface area (Å²) in [5, 5.41) is 0. The molecule has 0 aliphatic carbocycles. The molecule has 0 aromatic heterocycles. The Morgan fingerprint density at radius 3 is 2.10 bits per heavy atom. The van der Waals surface area contributed by atoms with Gasteiger partial charge in [-0.25, -0.2) is 4.79 Å². The molecule has 5 nitrogen and oxygen atoms in total. The van der Waals surface area contributed by atoms with E-state index >= 15 is 0 Å². The molecule has 0 saturated carbocycles. The summed E-state index contributed by atoms with van der Waals surface area (Å²) >= 11 is 0. The van der Waals surface area contributed by atoms with E-state index in [1.165, 1.54) is 0 Å². The van der Waals surface area contributed by atoms with Gasteiger partial charge >= 0.3 is 6.09 Å². The monoisotopic (exact) mass is 284 g/mol. The number of rotatable bonds is 4. The molecule has 0 atom stereocenters. The van der Waals surface area contributed by atoms with Crippen LogP contribution in [0.25, 0.3) is 0 Å². The van der Waals surface area contributed by atoms with Crippen LogP contribution in [0.2, 0.25) is 0 Å². The summed E-state index contributed by atoms with van der Waals surface area (Å²) in [5.74, 6) is 0. The SMILES string of the molecule is CC(C)(C=O)CCN1CCN(C(=O)OC(C)(C)C)CC1. The van der Waals surface area contributed by atoms with Crippen molar-refractivity contribution >= 4 is 12.4 Å². The number of nitrogens with zero attached hydrogens (tertiary/aromatic N) is 2. The fourth-order valence-electron chi connectivity index (χ4n) is 1.99. The fraction of sp³-hybridized carbons (Fsp3) is 0.867. The molecule has 0 spiro atoms. The van der Waals surface area contributed by atoms with Crippen molar-refractivity contribution in [2.45, 2.75) is 46.6 Å². The van der Waals surface area contributed by atoms with Gasteiger partial charge in [-0.05, 0) is 33.7 Å². The second-order valence-corrected chi connectivity index (χ2v) is 7.17. The Labute approximate surface area is 122 Å². The zero-order valence-electron chi connectivity index (χ0n) is 13.4. The maximum atomic E-state index is 11.9. The van der Waals surface area contributed by atoms with Gasteiger partial charge in [-0.3, -0.25) is 4.90 Å². The largest absolute Gasteiger partial charge is 0.444 e. The topological polar surface area (TPSA) is 49.9 Å². The second kappa shape index (κ2) is 6.57. The average Bonchev–Trinajstić information content (AvgIpc) is 2.35. The van der Waals surface area contributed by atoms with Crippen LogP contribution in [0, 0.1) is 5.41 Å². The molecule has 0 radical (unpaired) electrons.